The van der Waals surface area contributed by atoms with Gasteiger partial charge in [-0.05, 0) is 37.0 Å². The number of carbonyl (C=O) groups is 1. The number of aromatic nitrogens is 1. The zero-order chi connectivity index (χ0) is 13.7. The molecule has 2 aromatic rings. The number of pyridine rings is 1. The third-order valence-corrected chi connectivity index (χ3v) is 2.85. The van der Waals surface area contributed by atoms with E-state index < -0.39 is 0 Å². The van der Waals surface area contributed by atoms with E-state index in [-0.39, 0.29) is 5.97 Å². The van der Waals surface area contributed by atoms with Crippen molar-refractivity contribution in [3.05, 3.63) is 65.0 Å². The lowest BCUT2D eigenvalue weighted by atomic mass is 10.0. The minimum Gasteiger partial charge on any atom is -0.461 e. The van der Waals surface area contributed by atoms with E-state index in [4.69, 9.17) is 4.74 Å². The Balaban J connectivity index is 2.17. The topological polar surface area (TPSA) is 39.2 Å². The van der Waals surface area contributed by atoms with Crippen LogP contribution in [-0.4, -0.2) is 17.6 Å². The molecule has 0 radical (unpaired) electrons. The van der Waals surface area contributed by atoms with E-state index in [9.17, 15) is 4.79 Å². The molecule has 0 atom stereocenters. The summed E-state index contributed by atoms with van der Waals surface area (Å²) in [6.07, 6.45) is 2.56. The molecule has 1 aromatic carbocycles. The fraction of sp³-hybridized carbons (Fsp3) is 0.250. The van der Waals surface area contributed by atoms with E-state index in [1.54, 1.807) is 13.1 Å². The highest BCUT2D eigenvalue weighted by Crippen LogP contribution is 2.13. The molecule has 3 heteroatoms. The molecule has 1 heterocycles. The van der Waals surface area contributed by atoms with Crippen LogP contribution in [0.2, 0.25) is 0 Å². The van der Waals surface area contributed by atoms with Crippen molar-refractivity contribution in [3.63, 3.8) is 0 Å². The molecule has 0 unspecified atom stereocenters. The second-order valence-electron chi connectivity index (χ2n) is 4.39. The van der Waals surface area contributed by atoms with Gasteiger partial charge >= 0.3 is 5.97 Å². The maximum absolute atomic E-state index is 11.7. The number of esters is 1. The highest BCUT2D eigenvalue weighted by Gasteiger charge is 2.12. The molecule has 1 aromatic heterocycles. The summed E-state index contributed by atoms with van der Waals surface area (Å²) in [6, 6.07) is 12.2. The Morgan fingerprint density at radius 2 is 1.95 bits per heavy atom. The summed E-state index contributed by atoms with van der Waals surface area (Å²) in [4.78, 5) is 15.9. The summed E-state index contributed by atoms with van der Waals surface area (Å²) < 4.78 is 4.97. The van der Waals surface area contributed by atoms with Crippen molar-refractivity contribution in [3.8, 4) is 0 Å². The van der Waals surface area contributed by atoms with E-state index in [0.29, 0.717) is 12.3 Å². The van der Waals surface area contributed by atoms with Gasteiger partial charge in [-0.1, -0.05) is 36.4 Å². The predicted octanol–water partition coefficient (Wildman–Crippen LogP) is 3.16. The average Bonchev–Trinajstić information content (AvgIpc) is 2.40. The van der Waals surface area contributed by atoms with E-state index >= 15 is 0 Å². The monoisotopic (exact) mass is 255 g/mol. The second kappa shape index (κ2) is 6.14. The van der Waals surface area contributed by atoms with Gasteiger partial charge in [0, 0.05) is 6.20 Å². The fourth-order valence-electron chi connectivity index (χ4n) is 1.97. The summed E-state index contributed by atoms with van der Waals surface area (Å²) in [6.45, 7) is 4.04. The quantitative estimate of drug-likeness (QED) is 0.788. The summed E-state index contributed by atoms with van der Waals surface area (Å²) in [5.41, 5.74) is 3.58. The molecule has 0 aliphatic rings. The van der Waals surface area contributed by atoms with Crippen molar-refractivity contribution < 1.29 is 9.53 Å². The molecule has 0 N–H and O–H groups in total. The summed E-state index contributed by atoms with van der Waals surface area (Å²) in [5.74, 6) is -0.355. The van der Waals surface area contributed by atoms with Gasteiger partial charge in [0.25, 0.3) is 0 Å². The first-order valence-corrected chi connectivity index (χ1v) is 6.37. The number of benzene rings is 1. The van der Waals surface area contributed by atoms with Gasteiger partial charge in [0.1, 0.15) is 0 Å². The lowest BCUT2D eigenvalue weighted by molar-refractivity contribution is 0.0518. The molecule has 0 aliphatic heterocycles. The Morgan fingerprint density at radius 3 is 2.58 bits per heavy atom. The number of rotatable bonds is 4. The van der Waals surface area contributed by atoms with Crippen molar-refractivity contribution >= 4 is 5.97 Å². The van der Waals surface area contributed by atoms with Crippen LogP contribution in [0.3, 0.4) is 0 Å². The van der Waals surface area contributed by atoms with Crippen molar-refractivity contribution in [2.45, 2.75) is 20.3 Å². The maximum atomic E-state index is 11.7. The van der Waals surface area contributed by atoms with E-state index in [2.05, 4.69) is 17.1 Å². The SMILES string of the molecule is CCOC(=O)c1ncc(Cc2ccccc2)cc1C. The first kappa shape index (κ1) is 13.3. The Labute approximate surface area is 113 Å². The molecule has 19 heavy (non-hydrogen) atoms. The van der Waals surface area contributed by atoms with Crippen molar-refractivity contribution in [2.75, 3.05) is 6.61 Å². The molecule has 0 bridgehead atoms. The minimum atomic E-state index is -0.355. The Hall–Kier alpha value is -2.16. The molecule has 0 spiro atoms. The van der Waals surface area contributed by atoms with E-state index in [1.165, 1.54) is 5.56 Å². The zero-order valence-electron chi connectivity index (χ0n) is 11.2. The third kappa shape index (κ3) is 3.41. The van der Waals surface area contributed by atoms with E-state index in [0.717, 1.165) is 17.5 Å². The fourth-order valence-corrected chi connectivity index (χ4v) is 1.97. The standard InChI is InChI=1S/C16H17NO2/c1-3-19-16(18)15-12(2)9-14(11-17-15)10-13-7-5-4-6-8-13/h4-9,11H,3,10H2,1-2H3. The predicted molar refractivity (Wildman–Crippen MR) is 74.2 cm³/mol. The van der Waals surface area contributed by atoms with Gasteiger partial charge < -0.3 is 4.74 Å². The van der Waals surface area contributed by atoms with E-state index in [1.807, 2.05) is 31.2 Å². The van der Waals surface area contributed by atoms with Crippen LogP contribution in [0.15, 0.2) is 42.6 Å². The molecule has 0 saturated heterocycles. The van der Waals surface area contributed by atoms with Crippen molar-refractivity contribution in [1.82, 2.24) is 4.98 Å². The molecule has 0 amide bonds. The number of nitrogens with zero attached hydrogens (tertiary/aromatic N) is 1. The first-order chi connectivity index (χ1) is 9.20. The maximum Gasteiger partial charge on any atom is 0.357 e. The number of hydrogen-bond donors (Lipinski definition) is 0. The van der Waals surface area contributed by atoms with Crippen LogP contribution < -0.4 is 0 Å². The lowest BCUT2D eigenvalue weighted by Crippen LogP contribution is -2.09. The molecule has 0 aliphatic carbocycles. The first-order valence-electron chi connectivity index (χ1n) is 6.37. The van der Waals surface area contributed by atoms with Gasteiger partial charge in [0.2, 0.25) is 0 Å². The number of hydrogen-bond acceptors (Lipinski definition) is 3. The molecule has 0 fully saturated rings. The van der Waals surface area contributed by atoms with Gasteiger partial charge in [-0.15, -0.1) is 0 Å². The average molecular weight is 255 g/mol. The molecule has 3 nitrogen and oxygen atoms in total. The third-order valence-electron chi connectivity index (χ3n) is 2.85. The minimum absolute atomic E-state index is 0.355. The highest BCUT2D eigenvalue weighted by molar-refractivity contribution is 5.88. The number of carbonyl (C=O) groups excluding carboxylic acids is 1. The second-order valence-corrected chi connectivity index (χ2v) is 4.39. The van der Waals surface area contributed by atoms with Gasteiger partial charge in [-0.25, -0.2) is 9.78 Å². The summed E-state index contributed by atoms with van der Waals surface area (Å²) in [5, 5.41) is 0. The van der Waals surface area contributed by atoms with Gasteiger partial charge in [-0.2, -0.15) is 0 Å². The van der Waals surface area contributed by atoms with Gasteiger partial charge in [0.05, 0.1) is 6.61 Å². The summed E-state index contributed by atoms with van der Waals surface area (Å²) in [7, 11) is 0. The molecular weight excluding hydrogens is 238 g/mol. The van der Waals surface area contributed by atoms with Gasteiger partial charge in [-0.3, -0.25) is 0 Å². The van der Waals surface area contributed by atoms with Crippen molar-refractivity contribution in [2.24, 2.45) is 0 Å². The lowest BCUT2D eigenvalue weighted by Gasteiger charge is -2.07. The van der Waals surface area contributed by atoms with Crippen LogP contribution in [0.1, 0.15) is 34.1 Å². The van der Waals surface area contributed by atoms with Crippen LogP contribution >= 0.6 is 0 Å². The number of aryl methyl sites for hydroxylation is 1. The van der Waals surface area contributed by atoms with Gasteiger partial charge in [0.15, 0.2) is 5.69 Å². The van der Waals surface area contributed by atoms with Crippen molar-refractivity contribution in [1.29, 1.82) is 0 Å². The highest BCUT2D eigenvalue weighted by atomic mass is 16.5. The van der Waals surface area contributed by atoms with Crippen LogP contribution in [0, 0.1) is 6.92 Å². The largest absolute Gasteiger partial charge is 0.461 e. The molecule has 98 valence electrons. The Morgan fingerprint density at radius 1 is 1.21 bits per heavy atom. The van der Waals surface area contributed by atoms with Crippen LogP contribution in [0.25, 0.3) is 0 Å². The van der Waals surface area contributed by atoms with Crippen LogP contribution in [0.5, 0.6) is 0 Å². The Kier molecular flexibility index (Phi) is 4.29. The van der Waals surface area contributed by atoms with Crippen LogP contribution in [0.4, 0.5) is 0 Å². The number of ether oxygens (including phenoxy) is 1. The smallest absolute Gasteiger partial charge is 0.357 e. The molecule has 2 rings (SSSR count). The summed E-state index contributed by atoms with van der Waals surface area (Å²) >= 11 is 0. The van der Waals surface area contributed by atoms with Crippen LogP contribution in [-0.2, 0) is 11.2 Å². The molecular formula is C16H17NO2. The molecule has 0 saturated carbocycles. The Bertz CT molecular complexity index is 564. The zero-order valence-corrected chi connectivity index (χ0v) is 11.2. The normalized spacial score (nSPS) is 10.2.